The van der Waals surface area contributed by atoms with Crippen LogP contribution in [0.15, 0.2) is 4.34 Å². The van der Waals surface area contributed by atoms with Crippen LogP contribution in [-0.2, 0) is 14.3 Å². The number of nitrogens with one attached hydrogen (secondary N) is 1. The van der Waals surface area contributed by atoms with Crippen LogP contribution < -0.4 is 5.32 Å². The van der Waals surface area contributed by atoms with Crippen molar-refractivity contribution in [3.8, 4) is 0 Å². The summed E-state index contributed by atoms with van der Waals surface area (Å²) in [4.78, 5) is 25.7. The summed E-state index contributed by atoms with van der Waals surface area (Å²) < 4.78 is 5.92. The molecular formula is C13H18N4O3S2. The molecule has 7 nitrogen and oxygen atoms in total. The summed E-state index contributed by atoms with van der Waals surface area (Å²) in [6.45, 7) is 2.51. The second kappa shape index (κ2) is 7.38. The summed E-state index contributed by atoms with van der Waals surface area (Å²) in [5, 5.41) is 11.3. The molecule has 0 atom stereocenters. The molecule has 1 aromatic rings. The lowest BCUT2D eigenvalue weighted by Crippen LogP contribution is -2.41. The second-order valence-electron chi connectivity index (χ2n) is 5.27. The van der Waals surface area contributed by atoms with Crippen LogP contribution in [0.2, 0.25) is 0 Å². The van der Waals surface area contributed by atoms with Crippen LogP contribution in [0, 0.1) is 5.92 Å². The number of rotatable bonds is 5. The van der Waals surface area contributed by atoms with E-state index < -0.39 is 0 Å². The second-order valence-corrected chi connectivity index (χ2v) is 7.47. The first kappa shape index (κ1) is 15.7. The van der Waals surface area contributed by atoms with Crippen LogP contribution in [0.5, 0.6) is 0 Å². The minimum atomic E-state index is 0.0309. The molecule has 1 aromatic heterocycles. The number of carbonyl (C=O) groups is 2. The van der Waals surface area contributed by atoms with E-state index in [2.05, 4.69) is 15.5 Å². The van der Waals surface area contributed by atoms with Crippen LogP contribution >= 0.6 is 23.1 Å². The molecule has 2 fully saturated rings. The van der Waals surface area contributed by atoms with Crippen molar-refractivity contribution < 1.29 is 14.3 Å². The molecule has 0 radical (unpaired) electrons. The molecule has 1 aliphatic heterocycles. The fraction of sp³-hybridized carbons (Fsp3) is 0.692. The minimum Gasteiger partial charge on any atom is -0.378 e. The molecule has 0 aromatic carbocycles. The molecule has 2 heterocycles. The number of morpholine rings is 1. The molecule has 0 unspecified atom stereocenters. The van der Waals surface area contributed by atoms with Gasteiger partial charge < -0.3 is 15.0 Å². The Kier molecular flexibility index (Phi) is 5.27. The molecule has 2 amide bonds. The number of thioether (sulfide) groups is 1. The molecule has 1 saturated heterocycles. The molecule has 1 aliphatic carbocycles. The van der Waals surface area contributed by atoms with Gasteiger partial charge in [0.15, 0.2) is 4.34 Å². The van der Waals surface area contributed by atoms with Gasteiger partial charge in [0, 0.05) is 19.0 Å². The maximum absolute atomic E-state index is 12.0. The Balaban J connectivity index is 1.44. The molecule has 120 valence electrons. The molecule has 22 heavy (non-hydrogen) atoms. The predicted molar refractivity (Wildman–Crippen MR) is 84.0 cm³/mol. The van der Waals surface area contributed by atoms with Gasteiger partial charge in [-0.15, -0.1) is 10.2 Å². The van der Waals surface area contributed by atoms with Gasteiger partial charge in [0.05, 0.1) is 19.0 Å². The fourth-order valence-electron chi connectivity index (χ4n) is 2.22. The van der Waals surface area contributed by atoms with Gasteiger partial charge in [-0.05, 0) is 12.8 Å². The van der Waals surface area contributed by atoms with Crippen molar-refractivity contribution in [1.29, 1.82) is 0 Å². The number of hydrogen-bond acceptors (Lipinski definition) is 7. The van der Waals surface area contributed by atoms with E-state index in [0.29, 0.717) is 41.5 Å². The summed E-state index contributed by atoms with van der Waals surface area (Å²) in [5.74, 6) is 0.584. The van der Waals surface area contributed by atoms with Crippen LogP contribution in [0.4, 0.5) is 5.13 Å². The van der Waals surface area contributed by atoms with Gasteiger partial charge in [0.1, 0.15) is 0 Å². The van der Waals surface area contributed by atoms with Gasteiger partial charge in [-0.2, -0.15) is 0 Å². The number of ether oxygens (including phenoxy) is 1. The normalized spacial score (nSPS) is 18.8. The molecule has 0 spiro atoms. The third-order valence-corrected chi connectivity index (χ3v) is 5.75. The third kappa shape index (κ3) is 3.96. The number of nitrogens with zero attached hydrogens (tertiary/aromatic N) is 3. The van der Waals surface area contributed by atoms with Crippen LogP contribution in [-0.4, -0.2) is 59.0 Å². The van der Waals surface area contributed by atoms with E-state index in [-0.39, 0.29) is 17.7 Å². The summed E-state index contributed by atoms with van der Waals surface area (Å²) in [7, 11) is 0. The Morgan fingerprint density at radius 2 is 2.09 bits per heavy atom. The van der Waals surface area contributed by atoms with E-state index >= 15 is 0 Å². The monoisotopic (exact) mass is 342 g/mol. The van der Waals surface area contributed by atoms with Gasteiger partial charge in [-0.3, -0.25) is 9.59 Å². The quantitative estimate of drug-likeness (QED) is 0.640. The number of aromatic nitrogens is 2. The maximum atomic E-state index is 12.0. The number of carbonyl (C=O) groups excluding carboxylic acids is 2. The lowest BCUT2D eigenvalue weighted by molar-refractivity contribution is -0.132. The van der Waals surface area contributed by atoms with Crippen molar-refractivity contribution in [3.63, 3.8) is 0 Å². The number of hydrogen-bond donors (Lipinski definition) is 1. The Hall–Kier alpha value is -1.19. The first-order chi connectivity index (χ1) is 10.7. The van der Waals surface area contributed by atoms with Gasteiger partial charge in [0.25, 0.3) is 0 Å². The molecule has 1 N–H and O–H groups in total. The Morgan fingerprint density at radius 3 is 2.77 bits per heavy atom. The van der Waals surface area contributed by atoms with E-state index in [1.54, 1.807) is 4.90 Å². The zero-order valence-corrected chi connectivity index (χ0v) is 13.8. The molecule has 3 rings (SSSR count). The third-order valence-electron chi connectivity index (χ3n) is 3.80. The highest BCUT2D eigenvalue weighted by Crippen LogP contribution is 2.30. The maximum Gasteiger partial charge on any atom is 0.233 e. The predicted octanol–water partition coefficient (Wildman–Crippen LogP) is 1.23. The van der Waals surface area contributed by atoms with Crippen molar-refractivity contribution in [2.75, 3.05) is 37.4 Å². The number of amides is 2. The summed E-state index contributed by atoms with van der Waals surface area (Å²) in [6.07, 6.45) is 3.04. The Labute approximate surface area is 136 Å². The average molecular weight is 342 g/mol. The zero-order valence-electron chi connectivity index (χ0n) is 12.1. The minimum absolute atomic E-state index is 0.0309. The van der Waals surface area contributed by atoms with Gasteiger partial charge in [-0.1, -0.05) is 29.5 Å². The Morgan fingerprint density at radius 1 is 1.32 bits per heavy atom. The van der Waals surface area contributed by atoms with Crippen molar-refractivity contribution in [3.05, 3.63) is 0 Å². The fourth-order valence-corrected chi connectivity index (χ4v) is 3.88. The summed E-state index contributed by atoms with van der Waals surface area (Å²) in [6, 6.07) is 0. The zero-order chi connectivity index (χ0) is 15.4. The summed E-state index contributed by atoms with van der Waals surface area (Å²) >= 11 is 2.68. The van der Waals surface area contributed by atoms with E-state index in [1.807, 2.05) is 0 Å². The topological polar surface area (TPSA) is 84.4 Å². The smallest absolute Gasteiger partial charge is 0.233 e. The number of anilines is 1. The first-order valence-corrected chi connectivity index (χ1v) is 9.15. The van der Waals surface area contributed by atoms with Crippen molar-refractivity contribution in [1.82, 2.24) is 15.1 Å². The molecule has 1 saturated carbocycles. The largest absolute Gasteiger partial charge is 0.378 e. The SMILES string of the molecule is O=C(Nc1nnc(SCC(=O)N2CCOCC2)s1)C1CCC1. The van der Waals surface area contributed by atoms with Gasteiger partial charge >= 0.3 is 0 Å². The van der Waals surface area contributed by atoms with Crippen molar-refractivity contribution >= 4 is 40.0 Å². The van der Waals surface area contributed by atoms with Crippen LogP contribution in [0.25, 0.3) is 0 Å². The van der Waals surface area contributed by atoms with E-state index in [4.69, 9.17) is 4.74 Å². The van der Waals surface area contributed by atoms with Gasteiger partial charge in [0.2, 0.25) is 16.9 Å². The lowest BCUT2D eigenvalue weighted by atomic mass is 9.85. The van der Waals surface area contributed by atoms with Crippen molar-refractivity contribution in [2.24, 2.45) is 5.92 Å². The average Bonchev–Trinajstić information content (AvgIpc) is 2.91. The first-order valence-electron chi connectivity index (χ1n) is 7.35. The standard InChI is InChI=1S/C13H18N4O3S2/c18-10(17-4-6-20-7-5-17)8-21-13-16-15-12(22-13)14-11(19)9-2-1-3-9/h9H,1-8H2,(H,14,15,19). The molecule has 0 bridgehead atoms. The van der Waals surface area contributed by atoms with Crippen molar-refractivity contribution in [2.45, 2.75) is 23.6 Å². The molecular weight excluding hydrogens is 324 g/mol. The van der Waals surface area contributed by atoms with E-state index in [0.717, 1.165) is 19.3 Å². The molecule has 9 heteroatoms. The van der Waals surface area contributed by atoms with E-state index in [1.165, 1.54) is 23.1 Å². The van der Waals surface area contributed by atoms with E-state index in [9.17, 15) is 9.59 Å². The molecule has 2 aliphatic rings. The van der Waals surface area contributed by atoms with Crippen LogP contribution in [0.3, 0.4) is 0 Å². The van der Waals surface area contributed by atoms with Crippen LogP contribution in [0.1, 0.15) is 19.3 Å². The lowest BCUT2D eigenvalue weighted by Gasteiger charge is -2.26. The van der Waals surface area contributed by atoms with Gasteiger partial charge in [-0.25, -0.2) is 0 Å². The highest BCUT2D eigenvalue weighted by molar-refractivity contribution is 8.01. The Bertz CT molecular complexity index is 541. The highest BCUT2D eigenvalue weighted by Gasteiger charge is 2.26. The summed E-state index contributed by atoms with van der Waals surface area (Å²) in [5.41, 5.74) is 0. The highest BCUT2D eigenvalue weighted by atomic mass is 32.2.